The quantitative estimate of drug-likeness (QED) is 0.594. The van der Waals surface area contributed by atoms with Crippen LogP contribution < -0.4 is 0 Å². The number of methoxy groups -OCH3 is 1. The Hall–Kier alpha value is -1.64. The van der Waals surface area contributed by atoms with Gasteiger partial charge in [0, 0.05) is 11.0 Å². The summed E-state index contributed by atoms with van der Waals surface area (Å²) in [6.45, 7) is 1.99. The molecule has 0 N–H and O–H groups in total. The molecule has 0 atom stereocenters. The number of esters is 1. The van der Waals surface area contributed by atoms with E-state index in [2.05, 4.69) is 4.74 Å². The average Bonchev–Trinajstić information content (AvgIpc) is 2.34. The Bertz CT molecular complexity index is 458. The monoisotopic (exact) mass is 232 g/mol. The fourth-order valence-electron chi connectivity index (χ4n) is 2.19. The highest BCUT2D eigenvalue weighted by atomic mass is 16.5. The van der Waals surface area contributed by atoms with E-state index in [9.17, 15) is 9.59 Å². The van der Waals surface area contributed by atoms with E-state index in [1.807, 2.05) is 6.92 Å². The Morgan fingerprint density at radius 1 is 1.24 bits per heavy atom. The van der Waals surface area contributed by atoms with Crippen LogP contribution in [0.2, 0.25) is 0 Å². The van der Waals surface area contributed by atoms with Gasteiger partial charge in [-0.2, -0.15) is 0 Å². The Labute approximate surface area is 101 Å². The SMILES string of the molecule is COC(=O)c1cccc(C(=O)C2(C)CCC2)c1. The van der Waals surface area contributed by atoms with E-state index in [0.29, 0.717) is 11.1 Å². The molecular weight excluding hydrogens is 216 g/mol. The summed E-state index contributed by atoms with van der Waals surface area (Å²) in [5.41, 5.74) is 0.811. The molecular formula is C14H16O3. The van der Waals surface area contributed by atoms with Gasteiger partial charge in [-0.15, -0.1) is 0 Å². The summed E-state index contributed by atoms with van der Waals surface area (Å²) in [5, 5.41) is 0. The third-order valence-electron chi connectivity index (χ3n) is 3.55. The minimum atomic E-state index is -0.404. The van der Waals surface area contributed by atoms with Crippen molar-refractivity contribution >= 4 is 11.8 Å². The third-order valence-corrected chi connectivity index (χ3v) is 3.55. The van der Waals surface area contributed by atoms with E-state index >= 15 is 0 Å². The first-order valence-electron chi connectivity index (χ1n) is 5.80. The maximum absolute atomic E-state index is 12.3. The van der Waals surface area contributed by atoms with Gasteiger partial charge in [-0.05, 0) is 25.0 Å². The van der Waals surface area contributed by atoms with Gasteiger partial charge in [0.2, 0.25) is 0 Å². The predicted octanol–water partition coefficient (Wildman–Crippen LogP) is 2.85. The number of hydrogen-bond donors (Lipinski definition) is 0. The maximum atomic E-state index is 12.3. The van der Waals surface area contributed by atoms with Crippen LogP contribution in [-0.2, 0) is 4.74 Å². The van der Waals surface area contributed by atoms with E-state index in [0.717, 1.165) is 19.3 Å². The fraction of sp³-hybridized carbons (Fsp3) is 0.429. The summed E-state index contributed by atoms with van der Waals surface area (Å²) in [7, 11) is 1.34. The molecule has 0 aliphatic heterocycles. The first-order chi connectivity index (χ1) is 8.07. The molecule has 17 heavy (non-hydrogen) atoms. The molecule has 1 aliphatic rings. The predicted molar refractivity (Wildman–Crippen MR) is 64.1 cm³/mol. The zero-order valence-corrected chi connectivity index (χ0v) is 10.2. The minimum absolute atomic E-state index is 0.134. The van der Waals surface area contributed by atoms with E-state index in [1.54, 1.807) is 24.3 Å². The highest BCUT2D eigenvalue weighted by molar-refractivity contribution is 6.02. The molecule has 1 aliphatic carbocycles. The number of carbonyl (C=O) groups is 2. The summed E-state index contributed by atoms with van der Waals surface area (Å²) < 4.78 is 4.65. The van der Waals surface area contributed by atoms with Crippen LogP contribution in [0.5, 0.6) is 0 Å². The molecule has 0 spiro atoms. The summed E-state index contributed by atoms with van der Waals surface area (Å²) in [5.74, 6) is -0.270. The number of hydrogen-bond acceptors (Lipinski definition) is 3. The lowest BCUT2D eigenvalue weighted by Crippen LogP contribution is -2.34. The van der Waals surface area contributed by atoms with Gasteiger partial charge < -0.3 is 4.74 Å². The molecule has 0 saturated heterocycles. The minimum Gasteiger partial charge on any atom is -0.465 e. The average molecular weight is 232 g/mol. The van der Waals surface area contributed by atoms with Crippen LogP contribution in [0.15, 0.2) is 24.3 Å². The Balaban J connectivity index is 2.27. The van der Waals surface area contributed by atoms with E-state index < -0.39 is 5.97 Å². The Morgan fingerprint density at radius 2 is 1.88 bits per heavy atom. The second-order valence-electron chi connectivity index (χ2n) is 4.82. The molecule has 3 heteroatoms. The lowest BCUT2D eigenvalue weighted by Gasteiger charge is -2.36. The van der Waals surface area contributed by atoms with E-state index in [-0.39, 0.29) is 11.2 Å². The molecule has 0 bridgehead atoms. The molecule has 1 aromatic carbocycles. The van der Waals surface area contributed by atoms with Crippen LogP contribution in [-0.4, -0.2) is 18.9 Å². The molecule has 0 amide bonds. The largest absolute Gasteiger partial charge is 0.465 e. The zero-order valence-electron chi connectivity index (χ0n) is 10.2. The summed E-state index contributed by atoms with van der Waals surface area (Å²) in [6, 6.07) is 6.77. The van der Waals surface area contributed by atoms with Gasteiger partial charge in [-0.3, -0.25) is 4.79 Å². The Morgan fingerprint density at radius 3 is 2.41 bits per heavy atom. The van der Waals surface area contributed by atoms with Crippen LogP contribution in [0.25, 0.3) is 0 Å². The third kappa shape index (κ3) is 2.09. The lowest BCUT2D eigenvalue weighted by atomic mass is 9.66. The van der Waals surface area contributed by atoms with Crippen molar-refractivity contribution < 1.29 is 14.3 Å². The number of benzene rings is 1. The summed E-state index contributed by atoms with van der Waals surface area (Å²) in [4.78, 5) is 23.6. The topological polar surface area (TPSA) is 43.4 Å². The van der Waals surface area contributed by atoms with Gasteiger partial charge >= 0.3 is 5.97 Å². The van der Waals surface area contributed by atoms with E-state index in [1.165, 1.54) is 7.11 Å². The second kappa shape index (κ2) is 4.32. The molecule has 0 heterocycles. The highest BCUT2D eigenvalue weighted by Crippen LogP contribution is 2.42. The van der Waals surface area contributed by atoms with Gasteiger partial charge in [-0.25, -0.2) is 4.79 Å². The lowest BCUT2D eigenvalue weighted by molar-refractivity contribution is 0.0600. The molecule has 3 nitrogen and oxygen atoms in total. The van der Waals surface area contributed by atoms with Gasteiger partial charge in [0.05, 0.1) is 12.7 Å². The normalized spacial score (nSPS) is 17.1. The van der Waals surface area contributed by atoms with Gasteiger partial charge in [0.1, 0.15) is 0 Å². The number of rotatable bonds is 3. The second-order valence-corrected chi connectivity index (χ2v) is 4.82. The number of ether oxygens (including phenoxy) is 1. The molecule has 2 rings (SSSR count). The van der Waals surface area contributed by atoms with Gasteiger partial charge in [0.25, 0.3) is 0 Å². The molecule has 0 unspecified atom stereocenters. The van der Waals surface area contributed by atoms with Crippen molar-refractivity contribution in [2.45, 2.75) is 26.2 Å². The van der Waals surface area contributed by atoms with Crippen molar-refractivity contribution in [1.29, 1.82) is 0 Å². The molecule has 1 aromatic rings. The first-order valence-corrected chi connectivity index (χ1v) is 5.80. The van der Waals surface area contributed by atoms with Crippen molar-refractivity contribution in [3.8, 4) is 0 Å². The van der Waals surface area contributed by atoms with Crippen LogP contribution in [0.3, 0.4) is 0 Å². The van der Waals surface area contributed by atoms with Crippen LogP contribution >= 0.6 is 0 Å². The smallest absolute Gasteiger partial charge is 0.337 e. The van der Waals surface area contributed by atoms with Gasteiger partial charge in [-0.1, -0.05) is 25.5 Å². The number of Topliss-reactive ketones (excluding diaryl/α,β-unsaturated/α-hetero) is 1. The maximum Gasteiger partial charge on any atom is 0.337 e. The van der Waals surface area contributed by atoms with Gasteiger partial charge in [0.15, 0.2) is 5.78 Å². The molecule has 1 saturated carbocycles. The van der Waals surface area contributed by atoms with Crippen molar-refractivity contribution in [2.24, 2.45) is 5.41 Å². The van der Waals surface area contributed by atoms with Crippen molar-refractivity contribution in [2.75, 3.05) is 7.11 Å². The van der Waals surface area contributed by atoms with Crippen molar-refractivity contribution in [3.05, 3.63) is 35.4 Å². The molecule has 1 fully saturated rings. The number of ketones is 1. The van der Waals surface area contributed by atoms with Crippen LogP contribution in [0.4, 0.5) is 0 Å². The highest BCUT2D eigenvalue weighted by Gasteiger charge is 2.39. The fourth-order valence-corrected chi connectivity index (χ4v) is 2.19. The van der Waals surface area contributed by atoms with Crippen molar-refractivity contribution in [1.82, 2.24) is 0 Å². The summed E-state index contributed by atoms with van der Waals surface area (Å²) in [6.07, 6.45) is 2.99. The molecule has 0 radical (unpaired) electrons. The molecule has 0 aromatic heterocycles. The number of carbonyl (C=O) groups excluding carboxylic acids is 2. The first kappa shape index (κ1) is 11.8. The zero-order chi connectivity index (χ0) is 12.5. The van der Waals surface area contributed by atoms with Crippen LogP contribution in [0.1, 0.15) is 46.9 Å². The van der Waals surface area contributed by atoms with Crippen LogP contribution in [0, 0.1) is 5.41 Å². The standard InChI is InChI=1S/C14H16O3/c1-14(7-4-8-14)12(15)10-5-3-6-11(9-10)13(16)17-2/h3,5-6,9H,4,7-8H2,1-2H3. The van der Waals surface area contributed by atoms with E-state index in [4.69, 9.17) is 0 Å². The van der Waals surface area contributed by atoms with Crippen molar-refractivity contribution in [3.63, 3.8) is 0 Å². The Kier molecular flexibility index (Phi) is 3.01. The molecule has 90 valence electrons. The summed E-state index contributed by atoms with van der Waals surface area (Å²) >= 11 is 0.